The second-order valence-electron chi connectivity index (χ2n) is 4.42. The molecule has 2 rings (SSSR count). The SMILES string of the molecule is COC(=O)c1cc([N+](=O)[O-])c(=O)n(Cc2ccc(Cl)cc2)c1. The third-order valence-corrected chi connectivity index (χ3v) is 3.20. The number of hydrogen-bond acceptors (Lipinski definition) is 5. The number of carbonyl (C=O) groups is 1. The normalized spacial score (nSPS) is 10.3. The molecule has 0 saturated heterocycles. The van der Waals surface area contributed by atoms with Crippen molar-refractivity contribution in [2.45, 2.75) is 6.54 Å². The van der Waals surface area contributed by atoms with Crippen LogP contribution in [0, 0.1) is 10.1 Å². The maximum Gasteiger partial charge on any atom is 0.339 e. The zero-order valence-corrected chi connectivity index (χ0v) is 12.2. The van der Waals surface area contributed by atoms with Crippen LogP contribution in [0.1, 0.15) is 15.9 Å². The van der Waals surface area contributed by atoms with Crippen LogP contribution in [0.5, 0.6) is 0 Å². The first-order chi connectivity index (χ1) is 10.4. The van der Waals surface area contributed by atoms with Crippen molar-refractivity contribution >= 4 is 23.3 Å². The molecule has 0 unspecified atom stereocenters. The number of pyridine rings is 1. The van der Waals surface area contributed by atoms with Crippen molar-refractivity contribution in [3.63, 3.8) is 0 Å². The number of nitro groups is 1. The minimum atomic E-state index is -0.826. The Labute approximate surface area is 129 Å². The lowest BCUT2D eigenvalue weighted by atomic mass is 10.2. The fraction of sp³-hybridized carbons (Fsp3) is 0.143. The molecule has 8 heteroatoms. The van der Waals surface area contributed by atoms with Gasteiger partial charge >= 0.3 is 17.2 Å². The summed E-state index contributed by atoms with van der Waals surface area (Å²) >= 11 is 5.78. The maximum atomic E-state index is 12.1. The van der Waals surface area contributed by atoms with Crippen LogP contribution < -0.4 is 5.56 Å². The van der Waals surface area contributed by atoms with Crippen LogP contribution in [-0.4, -0.2) is 22.6 Å². The van der Waals surface area contributed by atoms with E-state index in [1.807, 2.05) is 0 Å². The van der Waals surface area contributed by atoms with E-state index in [4.69, 9.17) is 11.6 Å². The lowest BCUT2D eigenvalue weighted by Crippen LogP contribution is -2.24. The zero-order valence-electron chi connectivity index (χ0n) is 11.5. The molecule has 7 nitrogen and oxygen atoms in total. The Balaban J connectivity index is 2.51. The molecular weight excluding hydrogens is 312 g/mol. The summed E-state index contributed by atoms with van der Waals surface area (Å²) in [4.78, 5) is 33.8. The average Bonchev–Trinajstić information content (AvgIpc) is 2.50. The topological polar surface area (TPSA) is 91.4 Å². The molecule has 0 amide bonds. The van der Waals surface area contributed by atoms with Gasteiger partial charge in [0.15, 0.2) is 0 Å². The van der Waals surface area contributed by atoms with Gasteiger partial charge in [0.1, 0.15) is 0 Å². The first-order valence-corrected chi connectivity index (χ1v) is 6.52. The molecule has 1 aromatic heterocycles. The Morgan fingerprint density at radius 2 is 2.00 bits per heavy atom. The highest BCUT2D eigenvalue weighted by Gasteiger charge is 2.20. The highest BCUT2D eigenvalue weighted by molar-refractivity contribution is 6.30. The van der Waals surface area contributed by atoms with Gasteiger partial charge in [-0.2, -0.15) is 0 Å². The molecule has 0 aliphatic rings. The molecule has 1 aromatic carbocycles. The molecule has 0 N–H and O–H groups in total. The lowest BCUT2D eigenvalue weighted by Gasteiger charge is -2.08. The fourth-order valence-corrected chi connectivity index (χ4v) is 2.01. The van der Waals surface area contributed by atoms with E-state index in [0.717, 1.165) is 17.7 Å². The summed E-state index contributed by atoms with van der Waals surface area (Å²) in [6.07, 6.45) is 1.23. The Morgan fingerprint density at radius 1 is 1.36 bits per heavy atom. The number of methoxy groups -OCH3 is 1. The second kappa shape index (κ2) is 6.40. The highest BCUT2D eigenvalue weighted by atomic mass is 35.5. The van der Waals surface area contributed by atoms with E-state index < -0.39 is 22.1 Å². The van der Waals surface area contributed by atoms with Gasteiger partial charge in [0.05, 0.1) is 24.1 Å². The summed E-state index contributed by atoms with van der Waals surface area (Å²) in [5, 5.41) is 11.5. The van der Waals surface area contributed by atoms with Gasteiger partial charge < -0.3 is 9.30 Å². The van der Waals surface area contributed by atoms with Gasteiger partial charge in [-0.3, -0.25) is 14.9 Å². The van der Waals surface area contributed by atoms with E-state index in [-0.39, 0.29) is 12.1 Å². The molecule has 0 bridgehead atoms. The number of esters is 1. The Bertz CT molecular complexity index is 783. The number of benzene rings is 1. The number of carbonyl (C=O) groups excluding carboxylic acids is 1. The van der Waals surface area contributed by atoms with Crippen LogP contribution in [0.15, 0.2) is 41.3 Å². The van der Waals surface area contributed by atoms with Gasteiger partial charge in [-0.25, -0.2) is 4.79 Å². The van der Waals surface area contributed by atoms with Crippen LogP contribution in [0.2, 0.25) is 5.02 Å². The molecule has 0 atom stereocenters. The Hall–Kier alpha value is -2.67. The van der Waals surface area contributed by atoms with E-state index in [2.05, 4.69) is 4.74 Å². The monoisotopic (exact) mass is 322 g/mol. The standard InChI is InChI=1S/C14H11ClN2O5/c1-22-14(19)10-6-12(17(20)21)13(18)16(8-10)7-9-2-4-11(15)5-3-9/h2-6,8H,7H2,1H3. The molecule has 0 radical (unpaired) electrons. The van der Waals surface area contributed by atoms with Crippen molar-refractivity contribution in [3.8, 4) is 0 Å². The van der Waals surface area contributed by atoms with Gasteiger partial charge in [0, 0.05) is 17.3 Å². The summed E-state index contributed by atoms with van der Waals surface area (Å²) in [6, 6.07) is 7.56. The predicted octanol–water partition coefficient (Wildman–Crippen LogP) is 2.24. The third-order valence-electron chi connectivity index (χ3n) is 2.95. The van der Waals surface area contributed by atoms with Crippen LogP contribution in [0.25, 0.3) is 0 Å². The second-order valence-corrected chi connectivity index (χ2v) is 4.86. The lowest BCUT2D eigenvalue weighted by molar-refractivity contribution is -0.386. The van der Waals surface area contributed by atoms with E-state index in [9.17, 15) is 19.7 Å². The van der Waals surface area contributed by atoms with Crippen LogP contribution in [0.4, 0.5) is 5.69 Å². The smallest absolute Gasteiger partial charge is 0.339 e. The molecule has 2 aromatic rings. The molecule has 1 heterocycles. The Kier molecular flexibility index (Phi) is 4.57. The molecular formula is C14H11ClN2O5. The van der Waals surface area contributed by atoms with Crippen molar-refractivity contribution in [2.75, 3.05) is 7.11 Å². The maximum absolute atomic E-state index is 12.1. The number of rotatable bonds is 4. The van der Waals surface area contributed by atoms with E-state index in [1.54, 1.807) is 24.3 Å². The van der Waals surface area contributed by atoms with Gasteiger partial charge in [0.2, 0.25) is 0 Å². The van der Waals surface area contributed by atoms with Gasteiger partial charge in [0.25, 0.3) is 0 Å². The molecule has 0 saturated carbocycles. The fourth-order valence-electron chi connectivity index (χ4n) is 1.88. The summed E-state index contributed by atoms with van der Waals surface area (Å²) in [5.41, 5.74) is -0.838. The summed E-state index contributed by atoms with van der Waals surface area (Å²) in [6.45, 7) is 0.0711. The molecule has 0 spiro atoms. The van der Waals surface area contributed by atoms with E-state index in [0.29, 0.717) is 10.6 Å². The van der Waals surface area contributed by atoms with Crippen LogP contribution >= 0.6 is 11.6 Å². The molecule has 22 heavy (non-hydrogen) atoms. The van der Waals surface area contributed by atoms with Gasteiger partial charge in [-0.1, -0.05) is 23.7 Å². The van der Waals surface area contributed by atoms with E-state index >= 15 is 0 Å². The van der Waals surface area contributed by atoms with Gasteiger partial charge in [-0.15, -0.1) is 0 Å². The van der Waals surface area contributed by atoms with Crippen molar-refractivity contribution in [2.24, 2.45) is 0 Å². The van der Waals surface area contributed by atoms with Gasteiger partial charge in [-0.05, 0) is 17.7 Å². The number of nitrogens with zero attached hydrogens (tertiary/aromatic N) is 2. The zero-order chi connectivity index (χ0) is 16.3. The number of ether oxygens (including phenoxy) is 1. The summed E-state index contributed by atoms with van der Waals surface area (Å²) < 4.78 is 5.63. The first kappa shape index (κ1) is 15.7. The number of halogens is 1. The summed E-state index contributed by atoms with van der Waals surface area (Å²) in [5.74, 6) is -0.757. The average molecular weight is 323 g/mol. The van der Waals surface area contributed by atoms with Crippen molar-refractivity contribution in [3.05, 3.63) is 73.1 Å². The minimum absolute atomic E-state index is 0.0669. The number of hydrogen-bond donors (Lipinski definition) is 0. The van der Waals surface area contributed by atoms with Crippen LogP contribution in [0.3, 0.4) is 0 Å². The van der Waals surface area contributed by atoms with E-state index in [1.165, 1.54) is 6.20 Å². The molecule has 114 valence electrons. The molecule has 0 fully saturated rings. The number of aromatic nitrogens is 1. The first-order valence-electron chi connectivity index (χ1n) is 6.14. The minimum Gasteiger partial charge on any atom is -0.465 e. The van der Waals surface area contributed by atoms with Crippen molar-refractivity contribution < 1.29 is 14.5 Å². The Morgan fingerprint density at radius 3 is 2.55 bits per heavy atom. The predicted molar refractivity (Wildman–Crippen MR) is 79.2 cm³/mol. The van der Waals surface area contributed by atoms with Crippen molar-refractivity contribution in [1.82, 2.24) is 4.57 Å². The molecule has 0 aliphatic carbocycles. The quantitative estimate of drug-likeness (QED) is 0.489. The van der Waals surface area contributed by atoms with Crippen LogP contribution in [-0.2, 0) is 11.3 Å². The largest absolute Gasteiger partial charge is 0.465 e. The van der Waals surface area contributed by atoms with Crippen molar-refractivity contribution in [1.29, 1.82) is 0 Å². The third kappa shape index (κ3) is 3.32. The highest BCUT2D eigenvalue weighted by Crippen LogP contribution is 2.13. The summed E-state index contributed by atoms with van der Waals surface area (Å²) in [7, 11) is 1.16. The molecule has 0 aliphatic heterocycles.